The summed E-state index contributed by atoms with van der Waals surface area (Å²) in [6.07, 6.45) is 1.45. The average Bonchev–Trinajstić information content (AvgIpc) is 2.51. The molecule has 74 valence electrons. The molecular formula is C11H13NO2. The van der Waals surface area contributed by atoms with E-state index in [1.807, 2.05) is 13.0 Å². The molecular weight excluding hydrogens is 178 g/mol. The molecule has 1 atom stereocenters. The van der Waals surface area contributed by atoms with Gasteiger partial charge in [-0.3, -0.25) is 4.79 Å². The lowest BCUT2D eigenvalue weighted by molar-refractivity contribution is -0.119. The number of phenolic OH excluding ortho intramolecular Hbond substituents is 1. The Labute approximate surface area is 82.8 Å². The number of amides is 1. The second kappa shape index (κ2) is 3.33. The van der Waals surface area contributed by atoms with Gasteiger partial charge in [0.15, 0.2) is 0 Å². The molecule has 0 aliphatic carbocycles. The van der Waals surface area contributed by atoms with Gasteiger partial charge in [-0.25, -0.2) is 0 Å². The highest BCUT2D eigenvalue weighted by Crippen LogP contribution is 2.28. The van der Waals surface area contributed by atoms with E-state index in [1.54, 1.807) is 12.1 Å². The Kier molecular flexibility index (Phi) is 2.15. The van der Waals surface area contributed by atoms with Crippen molar-refractivity contribution in [2.24, 2.45) is 0 Å². The van der Waals surface area contributed by atoms with Crippen LogP contribution in [0.2, 0.25) is 0 Å². The highest BCUT2D eigenvalue weighted by Gasteiger charge is 2.23. The van der Waals surface area contributed by atoms with Crippen LogP contribution in [0.15, 0.2) is 18.2 Å². The molecule has 1 aliphatic rings. The minimum atomic E-state index is 0.113. The van der Waals surface area contributed by atoms with Crippen molar-refractivity contribution in [2.45, 2.75) is 25.8 Å². The lowest BCUT2D eigenvalue weighted by Crippen LogP contribution is -2.18. The summed E-state index contributed by atoms with van der Waals surface area (Å²) >= 11 is 0. The maximum atomic E-state index is 11.0. The normalized spacial score (nSPS) is 20.9. The SMILES string of the molecule is Cc1cc(O)ccc1[C@H]1CCC(=O)N1. The van der Waals surface area contributed by atoms with Gasteiger partial charge < -0.3 is 10.4 Å². The quantitative estimate of drug-likeness (QED) is 0.709. The summed E-state index contributed by atoms with van der Waals surface area (Å²) in [4.78, 5) is 11.0. The zero-order chi connectivity index (χ0) is 10.1. The zero-order valence-corrected chi connectivity index (χ0v) is 8.08. The molecule has 1 fully saturated rings. The number of rotatable bonds is 1. The van der Waals surface area contributed by atoms with Crippen molar-refractivity contribution in [2.75, 3.05) is 0 Å². The molecule has 0 radical (unpaired) electrons. The number of carbonyl (C=O) groups is 1. The van der Waals surface area contributed by atoms with E-state index in [0.717, 1.165) is 17.5 Å². The summed E-state index contributed by atoms with van der Waals surface area (Å²) < 4.78 is 0. The van der Waals surface area contributed by atoms with Gasteiger partial charge in [0.2, 0.25) is 5.91 Å². The topological polar surface area (TPSA) is 49.3 Å². The van der Waals surface area contributed by atoms with Crippen LogP contribution in [0, 0.1) is 6.92 Å². The molecule has 1 aromatic carbocycles. The molecule has 1 amide bonds. The van der Waals surface area contributed by atoms with Crippen molar-refractivity contribution < 1.29 is 9.90 Å². The minimum absolute atomic E-state index is 0.113. The molecule has 3 nitrogen and oxygen atoms in total. The number of nitrogens with one attached hydrogen (secondary N) is 1. The first-order valence-corrected chi connectivity index (χ1v) is 4.75. The Morgan fingerprint density at radius 1 is 1.50 bits per heavy atom. The van der Waals surface area contributed by atoms with Crippen LogP contribution in [-0.2, 0) is 4.79 Å². The number of benzene rings is 1. The van der Waals surface area contributed by atoms with Gasteiger partial charge >= 0.3 is 0 Å². The molecule has 0 bridgehead atoms. The van der Waals surface area contributed by atoms with Gasteiger partial charge in [0.1, 0.15) is 5.75 Å². The molecule has 1 heterocycles. The minimum Gasteiger partial charge on any atom is -0.508 e. The number of aryl methyl sites for hydroxylation is 1. The average molecular weight is 191 g/mol. The predicted octanol–water partition coefficient (Wildman–Crippen LogP) is 1.65. The molecule has 2 rings (SSSR count). The summed E-state index contributed by atoms with van der Waals surface area (Å²) in [7, 11) is 0. The maximum Gasteiger partial charge on any atom is 0.220 e. The Bertz CT molecular complexity index is 374. The third-order valence-electron chi connectivity index (χ3n) is 2.62. The van der Waals surface area contributed by atoms with Crippen LogP contribution in [0.5, 0.6) is 5.75 Å². The number of phenols is 1. The van der Waals surface area contributed by atoms with E-state index in [1.165, 1.54) is 0 Å². The van der Waals surface area contributed by atoms with Crippen LogP contribution in [0.1, 0.15) is 30.0 Å². The Morgan fingerprint density at radius 2 is 2.29 bits per heavy atom. The monoisotopic (exact) mass is 191 g/mol. The van der Waals surface area contributed by atoms with Crippen LogP contribution in [0.3, 0.4) is 0 Å². The molecule has 1 saturated heterocycles. The number of hydrogen-bond donors (Lipinski definition) is 2. The maximum absolute atomic E-state index is 11.0. The summed E-state index contributed by atoms with van der Waals surface area (Å²) in [5.74, 6) is 0.387. The number of carbonyl (C=O) groups excluding carboxylic acids is 1. The van der Waals surface area contributed by atoms with Gasteiger partial charge in [0, 0.05) is 6.42 Å². The van der Waals surface area contributed by atoms with Crippen molar-refractivity contribution in [1.82, 2.24) is 5.32 Å². The highest BCUT2D eigenvalue weighted by molar-refractivity contribution is 5.78. The van der Waals surface area contributed by atoms with Crippen molar-refractivity contribution in [3.8, 4) is 5.75 Å². The standard InChI is InChI=1S/C11H13NO2/c1-7-6-8(13)2-3-9(7)10-4-5-11(14)12-10/h2-3,6,10,13H,4-5H2,1H3,(H,12,14)/t10-/m1/s1. The van der Waals surface area contributed by atoms with Crippen LogP contribution in [0.25, 0.3) is 0 Å². The Morgan fingerprint density at radius 3 is 2.86 bits per heavy atom. The lowest BCUT2D eigenvalue weighted by atomic mass is 10.00. The predicted molar refractivity (Wildman–Crippen MR) is 53.0 cm³/mol. The summed E-state index contributed by atoms with van der Waals surface area (Å²) in [6, 6.07) is 5.39. The first-order chi connectivity index (χ1) is 6.66. The van der Waals surface area contributed by atoms with Gasteiger partial charge in [-0.1, -0.05) is 6.07 Å². The molecule has 14 heavy (non-hydrogen) atoms. The van der Waals surface area contributed by atoms with Crippen LogP contribution in [-0.4, -0.2) is 11.0 Å². The van der Waals surface area contributed by atoms with Gasteiger partial charge in [-0.05, 0) is 36.6 Å². The molecule has 1 aliphatic heterocycles. The largest absolute Gasteiger partial charge is 0.508 e. The lowest BCUT2D eigenvalue weighted by Gasteiger charge is -2.13. The van der Waals surface area contributed by atoms with E-state index in [2.05, 4.69) is 5.32 Å². The van der Waals surface area contributed by atoms with Crippen molar-refractivity contribution in [3.63, 3.8) is 0 Å². The first-order valence-electron chi connectivity index (χ1n) is 4.75. The second-order valence-corrected chi connectivity index (χ2v) is 3.70. The molecule has 0 aromatic heterocycles. The smallest absolute Gasteiger partial charge is 0.220 e. The Balaban J connectivity index is 2.28. The fourth-order valence-corrected chi connectivity index (χ4v) is 1.90. The van der Waals surface area contributed by atoms with E-state index in [0.29, 0.717) is 6.42 Å². The molecule has 3 heteroatoms. The van der Waals surface area contributed by atoms with E-state index in [4.69, 9.17) is 0 Å². The molecule has 1 aromatic rings. The molecule has 0 spiro atoms. The van der Waals surface area contributed by atoms with Crippen molar-refractivity contribution in [1.29, 1.82) is 0 Å². The summed E-state index contributed by atoms with van der Waals surface area (Å²) in [5, 5.41) is 12.2. The van der Waals surface area contributed by atoms with E-state index < -0.39 is 0 Å². The van der Waals surface area contributed by atoms with Crippen LogP contribution < -0.4 is 5.32 Å². The van der Waals surface area contributed by atoms with Gasteiger partial charge in [-0.15, -0.1) is 0 Å². The molecule has 0 saturated carbocycles. The van der Waals surface area contributed by atoms with Crippen LogP contribution in [0.4, 0.5) is 0 Å². The fourth-order valence-electron chi connectivity index (χ4n) is 1.90. The highest BCUT2D eigenvalue weighted by atomic mass is 16.3. The fraction of sp³-hybridized carbons (Fsp3) is 0.364. The zero-order valence-electron chi connectivity index (χ0n) is 8.08. The molecule has 2 N–H and O–H groups in total. The number of hydrogen-bond acceptors (Lipinski definition) is 2. The van der Waals surface area contributed by atoms with E-state index >= 15 is 0 Å². The summed E-state index contributed by atoms with van der Waals surface area (Å²) in [6.45, 7) is 1.94. The third-order valence-corrected chi connectivity index (χ3v) is 2.62. The Hall–Kier alpha value is -1.51. The molecule has 0 unspecified atom stereocenters. The van der Waals surface area contributed by atoms with Crippen molar-refractivity contribution in [3.05, 3.63) is 29.3 Å². The first kappa shape index (κ1) is 9.06. The van der Waals surface area contributed by atoms with Gasteiger partial charge in [0.05, 0.1) is 6.04 Å². The number of aromatic hydroxyl groups is 1. The third kappa shape index (κ3) is 1.58. The van der Waals surface area contributed by atoms with Gasteiger partial charge in [0.25, 0.3) is 0 Å². The van der Waals surface area contributed by atoms with Crippen LogP contribution >= 0.6 is 0 Å². The second-order valence-electron chi connectivity index (χ2n) is 3.70. The van der Waals surface area contributed by atoms with E-state index in [9.17, 15) is 9.90 Å². The van der Waals surface area contributed by atoms with E-state index in [-0.39, 0.29) is 17.7 Å². The summed E-state index contributed by atoms with van der Waals surface area (Å²) in [5.41, 5.74) is 2.13. The van der Waals surface area contributed by atoms with Gasteiger partial charge in [-0.2, -0.15) is 0 Å². The van der Waals surface area contributed by atoms with Crippen molar-refractivity contribution >= 4 is 5.91 Å².